The first kappa shape index (κ1) is 20.0. The van der Waals surface area contributed by atoms with Gasteiger partial charge in [0.15, 0.2) is 0 Å². The molecule has 0 aliphatic heterocycles. The van der Waals surface area contributed by atoms with Crippen LogP contribution in [0.25, 0.3) is 11.3 Å². The molecule has 0 unspecified atom stereocenters. The number of carbonyl (C=O) groups excluding carboxylic acids is 1. The molecule has 1 N–H and O–H groups in total. The molecule has 0 saturated carbocycles. The van der Waals surface area contributed by atoms with Crippen molar-refractivity contribution in [2.45, 2.75) is 6.54 Å². The van der Waals surface area contributed by atoms with E-state index in [0.717, 1.165) is 4.57 Å². The molecule has 6 nitrogen and oxygen atoms in total. The smallest absolute Gasteiger partial charge is 0.254 e. The van der Waals surface area contributed by atoms with Gasteiger partial charge >= 0.3 is 0 Å². The van der Waals surface area contributed by atoms with E-state index in [0.29, 0.717) is 17.2 Å². The van der Waals surface area contributed by atoms with Gasteiger partial charge in [0.2, 0.25) is 5.91 Å². The fraction of sp³-hybridized carbons (Fsp3) is 0.0417. The molecule has 0 bridgehead atoms. The topological polar surface area (TPSA) is 73.2 Å². The summed E-state index contributed by atoms with van der Waals surface area (Å²) in [4.78, 5) is 28.8. The molecule has 0 aliphatic rings. The summed E-state index contributed by atoms with van der Waals surface area (Å²) in [5.74, 6) is 0.488. The lowest BCUT2D eigenvalue weighted by molar-refractivity contribution is -0.116. The van der Waals surface area contributed by atoms with E-state index in [4.69, 9.17) is 4.74 Å². The van der Waals surface area contributed by atoms with Crippen LogP contribution in [0.15, 0.2) is 96.1 Å². The van der Waals surface area contributed by atoms with Crippen molar-refractivity contribution >= 4 is 11.6 Å². The second kappa shape index (κ2) is 9.04. The van der Waals surface area contributed by atoms with Gasteiger partial charge in [-0.25, -0.2) is 9.37 Å². The maximum absolute atomic E-state index is 13.9. The molecule has 0 saturated heterocycles. The molecule has 3 aromatic carbocycles. The number of hydrogen-bond donors (Lipinski definition) is 1. The zero-order valence-electron chi connectivity index (χ0n) is 16.4. The summed E-state index contributed by atoms with van der Waals surface area (Å²) in [7, 11) is 0. The molecular weight excluding hydrogens is 397 g/mol. The number of anilines is 1. The van der Waals surface area contributed by atoms with Crippen molar-refractivity contribution in [3.8, 4) is 22.8 Å². The molecule has 154 valence electrons. The van der Waals surface area contributed by atoms with Gasteiger partial charge in [-0.1, -0.05) is 30.3 Å². The summed E-state index contributed by atoms with van der Waals surface area (Å²) in [5.41, 5.74) is 0.562. The van der Waals surface area contributed by atoms with E-state index in [-0.39, 0.29) is 23.7 Å². The molecule has 0 fully saturated rings. The van der Waals surface area contributed by atoms with Crippen LogP contribution in [-0.2, 0) is 11.3 Å². The Kier molecular flexibility index (Phi) is 5.84. The van der Waals surface area contributed by atoms with E-state index >= 15 is 0 Å². The molecule has 1 aromatic heterocycles. The van der Waals surface area contributed by atoms with E-state index in [1.165, 1.54) is 18.5 Å². The second-order valence-electron chi connectivity index (χ2n) is 6.71. The number of aromatic nitrogens is 2. The highest BCUT2D eigenvalue weighted by molar-refractivity contribution is 5.90. The number of carbonyl (C=O) groups is 1. The highest BCUT2D eigenvalue weighted by atomic mass is 19.1. The average Bonchev–Trinajstić information content (AvgIpc) is 2.78. The third kappa shape index (κ3) is 5.02. The first-order chi connectivity index (χ1) is 15.1. The minimum Gasteiger partial charge on any atom is -0.457 e. The predicted octanol–water partition coefficient (Wildman–Crippen LogP) is 4.48. The maximum atomic E-state index is 13.9. The van der Waals surface area contributed by atoms with Gasteiger partial charge in [0.05, 0.1) is 12.0 Å². The number of para-hydroxylation sites is 1. The number of nitrogens with one attached hydrogen (secondary N) is 1. The number of ether oxygens (including phenoxy) is 1. The molecule has 7 heteroatoms. The molecule has 1 heterocycles. The number of amides is 1. The molecule has 0 atom stereocenters. The molecule has 31 heavy (non-hydrogen) atoms. The highest BCUT2D eigenvalue weighted by Gasteiger charge is 2.10. The lowest BCUT2D eigenvalue weighted by Gasteiger charge is -2.09. The summed E-state index contributed by atoms with van der Waals surface area (Å²) >= 11 is 0. The Hall–Kier alpha value is -4.26. The number of hydrogen-bond acceptors (Lipinski definition) is 4. The molecular formula is C24H18FN3O3. The van der Waals surface area contributed by atoms with Crippen LogP contribution in [0.3, 0.4) is 0 Å². The van der Waals surface area contributed by atoms with E-state index in [9.17, 15) is 14.0 Å². The number of nitrogens with zero attached hydrogens (tertiary/aromatic N) is 2. The van der Waals surface area contributed by atoms with Crippen LogP contribution in [0.2, 0.25) is 0 Å². The fourth-order valence-electron chi connectivity index (χ4n) is 2.95. The van der Waals surface area contributed by atoms with Crippen molar-refractivity contribution in [3.63, 3.8) is 0 Å². The minimum atomic E-state index is -0.468. The summed E-state index contributed by atoms with van der Waals surface area (Å²) in [6.07, 6.45) is 1.24. The van der Waals surface area contributed by atoms with E-state index < -0.39 is 11.4 Å². The minimum absolute atomic E-state index is 0.216. The monoisotopic (exact) mass is 415 g/mol. The molecule has 0 spiro atoms. The van der Waals surface area contributed by atoms with Gasteiger partial charge in [-0.15, -0.1) is 0 Å². The first-order valence-corrected chi connectivity index (χ1v) is 9.53. The summed E-state index contributed by atoms with van der Waals surface area (Å²) < 4.78 is 20.8. The lowest BCUT2D eigenvalue weighted by Crippen LogP contribution is -2.27. The van der Waals surface area contributed by atoms with Crippen LogP contribution in [0.4, 0.5) is 10.1 Å². The Morgan fingerprint density at radius 3 is 2.32 bits per heavy atom. The Balaban J connectivity index is 1.39. The normalized spacial score (nSPS) is 10.5. The van der Waals surface area contributed by atoms with Gasteiger partial charge in [-0.2, -0.15) is 0 Å². The Morgan fingerprint density at radius 2 is 1.61 bits per heavy atom. The largest absolute Gasteiger partial charge is 0.457 e. The highest BCUT2D eigenvalue weighted by Crippen LogP contribution is 2.22. The standard InChI is InChI=1S/C24H18FN3O3/c25-21-9-5-4-8-20(21)22-14-24(30)28(16-26-22)15-23(29)27-17-10-12-19(13-11-17)31-18-6-2-1-3-7-18/h1-14,16H,15H2,(H,27,29). The summed E-state index contributed by atoms with van der Waals surface area (Å²) in [5, 5.41) is 2.72. The molecule has 4 rings (SSSR count). The molecule has 1 amide bonds. The molecule has 0 aliphatic carbocycles. The molecule has 4 aromatic rings. The SMILES string of the molecule is O=C(Cn1cnc(-c2ccccc2F)cc1=O)Nc1ccc(Oc2ccccc2)cc1. The Morgan fingerprint density at radius 1 is 0.935 bits per heavy atom. The van der Waals surface area contributed by atoms with Crippen molar-refractivity contribution in [1.82, 2.24) is 9.55 Å². The van der Waals surface area contributed by atoms with Crippen molar-refractivity contribution in [3.05, 3.63) is 107 Å². The van der Waals surface area contributed by atoms with Crippen molar-refractivity contribution in [2.24, 2.45) is 0 Å². The first-order valence-electron chi connectivity index (χ1n) is 9.53. The van der Waals surface area contributed by atoms with E-state index in [1.807, 2.05) is 30.3 Å². The van der Waals surface area contributed by atoms with Gasteiger partial charge in [-0.3, -0.25) is 14.2 Å². The second-order valence-corrected chi connectivity index (χ2v) is 6.71. The summed E-state index contributed by atoms with van der Waals surface area (Å²) in [6, 6.07) is 23.5. The zero-order valence-corrected chi connectivity index (χ0v) is 16.4. The van der Waals surface area contributed by atoms with Crippen LogP contribution < -0.4 is 15.6 Å². The predicted molar refractivity (Wildman–Crippen MR) is 115 cm³/mol. The Labute approximate surface area is 177 Å². The van der Waals surface area contributed by atoms with E-state index in [2.05, 4.69) is 10.3 Å². The fourth-order valence-corrected chi connectivity index (χ4v) is 2.95. The van der Waals surface area contributed by atoms with Crippen LogP contribution in [0.1, 0.15) is 0 Å². The van der Waals surface area contributed by atoms with Crippen LogP contribution in [-0.4, -0.2) is 15.5 Å². The molecule has 0 radical (unpaired) electrons. The van der Waals surface area contributed by atoms with Gasteiger partial charge in [0.1, 0.15) is 23.9 Å². The Bertz CT molecular complexity index is 1260. The average molecular weight is 415 g/mol. The zero-order chi connectivity index (χ0) is 21.6. The lowest BCUT2D eigenvalue weighted by atomic mass is 10.1. The van der Waals surface area contributed by atoms with Gasteiger partial charge in [-0.05, 0) is 48.5 Å². The number of rotatable bonds is 6. The number of benzene rings is 3. The van der Waals surface area contributed by atoms with E-state index in [1.54, 1.807) is 42.5 Å². The van der Waals surface area contributed by atoms with Crippen molar-refractivity contribution in [1.29, 1.82) is 0 Å². The van der Waals surface area contributed by atoms with Gasteiger partial charge < -0.3 is 10.1 Å². The summed E-state index contributed by atoms with van der Waals surface area (Å²) in [6.45, 7) is -0.217. The van der Waals surface area contributed by atoms with Crippen molar-refractivity contribution < 1.29 is 13.9 Å². The maximum Gasteiger partial charge on any atom is 0.254 e. The van der Waals surface area contributed by atoms with Gasteiger partial charge in [0, 0.05) is 17.3 Å². The van der Waals surface area contributed by atoms with Crippen LogP contribution in [0, 0.1) is 5.82 Å². The van der Waals surface area contributed by atoms with Crippen LogP contribution in [0.5, 0.6) is 11.5 Å². The van der Waals surface area contributed by atoms with Crippen molar-refractivity contribution in [2.75, 3.05) is 5.32 Å². The number of halogens is 1. The quantitative estimate of drug-likeness (QED) is 0.504. The third-order valence-corrected chi connectivity index (χ3v) is 4.46. The third-order valence-electron chi connectivity index (χ3n) is 4.46. The van der Waals surface area contributed by atoms with Gasteiger partial charge in [0.25, 0.3) is 5.56 Å². The van der Waals surface area contributed by atoms with Crippen LogP contribution >= 0.6 is 0 Å².